The summed E-state index contributed by atoms with van der Waals surface area (Å²) in [5, 5.41) is 3.73. The number of ether oxygens (including phenoxy) is 1. The van der Waals surface area contributed by atoms with Gasteiger partial charge in [-0.1, -0.05) is 6.92 Å². The molecule has 0 aromatic carbocycles. The van der Waals surface area contributed by atoms with Crippen molar-refractivity contribution >= 4 is 11.3 Å². The predicted octanol–water partition coefficient (Wildman–Crippen LogP) is 3.40. The Morgan fingerprint density at radius 3 is 2.84 bits per heavy atom. The average Bonchev–Trinajstić information content (AvgIpc) is 3.17. The summed E-state index contributed by atoms with van der Waals surface area (Å²) < 4.78 is 5.81. The lowest BCUT2D eigenvalue weighted by Crippen LogP contribution is -2.43. The normalized spacial score (nSPS) is 27.6. The topological polar surface area (TPSA) is 21.3 Å². The van der Waals surface area contributed by atoms with Gasteiger partial charge in [0.05, 0.1) is 6.61 Å². The fourth-order valence-corrected chi connectivity index (χ4v) is 4.11. The summed E-state index contributed by atoms with van der Waals surface area (Å²) in [6.45, 7) is 5.27. The maximum Gasteiger partial charge on any atom is 0.0538 e. The zero-order valence-corrected chi connectivity index (χ0v) is 12.7. The van der Waals surface area contributed by atoms with Crippen LogP contribution in [0.5, 0.6) is 0 Å². The van der Waals surface area contributed by atoms with Crippen LogP contribution in [-0.4, -0.2) is 25.8 Å². The molecule has 0 spiro atoms. The van der Waals surface area contributed by atoms with Crippen LogP contribution < -0.4 is 5.32 Å². The van der Waals surface area contributed by atoms with Gasteiger partial charge in [-0.25, -0.2) is 0 Å². The van der Waals surface area contributed by atoms with Crippen LogP contribution in [0.15, 0.2) is 12.1 Å². The third-order valence-electron chi connectivity index (χ3n) is 4.36. The van der Waals surface area contributed by atoms with Crippen molar-refractivity contribution < 1.29 is 4.74 Å². The number of hydrogen-bond donors (Lipinski definition) is 1. The van der Waals surface area contributed by atoms with E-state index in [1.165, 1.54) is 37.0 Å². The first-order valence-electron chi connectivity index (χ1n) is 7.68. The molecule has 1 atom stereocenters. The maximum atomic E-state index is 5.81. The Bertz CT molecular complexity index is 405. The Morgan fingerprint density at radius 2 is 2.21 bits per heavy atom. The summed E-state index contributed by atoms with van der Waals surface area (Å²) in [6, 6.07) is 5.43. The molecule has 2 fully saturated rings. The first-order chi connectivity index (χ1) is 9.30. The molecule has 1 unspecified atom stereocenters. The minimum absolute atomic E-state index is 0.344. The molecule has 2 heterocycles. The van der Waals surface area contributed by atoms with Gasteiger partial charge in [0.15, 0.2) is 0 Å². The SMILES string of the molecule is CCc1ccc(CC2(CNC3CC3)CCCOC2)s1. The number of hydrogen-bond acceptors (Lipinski definition) is 3. The van der Waals surface area contributed by atoms with Crippen LogP contribution in [0.25, 0.3) is 0 Å². The van der Waals surface area contributed by atoms with Crippen LogP contribution in [0.2, 0.25) is 0 Å². The Morgan fingerprint density at radius 1 is 1.37 bits per heavy atom. The molecule has 2 aliphatic rings. The zero-order valence-electron chi connectivity index (χ0n) is 11.9. The summed E-state index contributed by atoms with van der Waals surface area (Å²) >= 11 is 1.99. The monoisotopic (exact) mass is 279 g/mol. The third kappa shape index (κ3) is 3.59. The number of aryl methyl sites for hydroxylation is 1. The lowest BCUT2D eigenvalue weighted by Gasteiger charge is -2.37. The third-order valence-corrected chi connectivity index (χ3v) is 5.59. The molecule has 3 rings (SSSR count). The van der Waals surface area contributed by atoms with Gasteiger partial charge in [-0.15, -0.1) is 11.3 Å². The minimum Gasteiger partial charge on any atom is -0.381 e. The van der Waals surface area contributed by atoms with Crippen LogP contribution in [0.4, 0.5) is 0 Å². The summed E-state index contributed by atoms with van der Waals surface area (Å²) in [6.07, 6.45) is 7.63. The van der Waals surface area contributed by atoms with Crippen molar-refractivity contribution in [3.05, 3.63) is 21.9 Å². The highest BCUT2D eigenvalue weighted by Crippen LogP contribution is 2.35. The van der Waals surface area contributed by atoms with Gasteiger partial charge in [0.25, 0.3) is 0 Å². The average molecular weight is 279 g/mol. The lowest BCUT2D eigenvalue weighted by molar-refractivity contribution is -0.00693. The van der Waals surface area contributed by atoms with E-state index in [1.54, 1.807) is 4.88 Å². The Balaban J connectivity index is 1.66. The van der Waals surface area contributed by atoms with Crippen LogP contribution >= 0.6 is 11.3 Å². The van der Waals surface area contributed by atoms with Crippen molar-refractivity contribution in [3.8, 4) is 0 Å². The van der Waals surface area contributed by atoms with Crippen molar-refractivity contribution in [1.29, 1.82) is 0 Å². The molecule has 2 nitrogen and oxygen atoms in total. The minimum atomic E-state index is 0.344. The second-order valence-corrected chi connectivity index (χ2v) is 7.46. The summed E-state index contributed by atoms with van der Waals surface area (Å²) in [7, 11) is 0. The molecular formula is C16H25NOS. The highest BCUT2D eigenvalue weighted by Gasteiger charge is 2.35. The van der Waals surface area contributed by atoms with E-state index in [0.29, 0.717) is 5.41 Å². The Labute approximate surface area is 120 Å². The van der Waals surface area contributed by atoms with Gasteiger partial charge in [0.2, 0.25) is 0 Å². The fourth-order valence-electron chi connectivity index (χ4n) is 2.98. The molecule has 1 aliphatic carbocycles. The summed E-state index contributed by atoms with van der Waals surface area (Å²) in [4.78, 5) is 3.05. The Kier molecular flexibility index (Phi) is 4.25. The van der Waals surface area contributed by atoms with E-state index < -0.39 is 0 Å². The van der Waals surface area contributed by atoms with Crippen molar-refractivity contribution in [1.82, 2.24) is 5.32 Å². The van der Waals surface area contributed by atoms with E-state index in [4.69, 9.17) is 4.74 Å². The van der Waals surface area contributed by atoms with Crippen LogP contribution in [-0.2, 0) is 17.6 Å². The second kappa shape index (κ2) is 5.94. The molecule has 1 aliphatic heterocycles. The molecule has 106 valence electrons. The molecule has 0 bridgehead atoms. The van der Waals surface area contributed by atoms with Gasteiger partial charge >= 0.3 is 0 Å². The van der Waals surface area contributed by atoms with E-state index in [9.17, 15) is 0 Å². The Hall–Kier alpha value is -0.380. The molecule has 19 heavy (non-hydrogen) atoms. The van der Waals surface area contributed by atoms with Crippen molar-refractivity contribution in [2.75, 3.05) is 19.8 Å². The number of nitrogens with one attached hydrogen (secondary N) is 1. The molecule has 1 N–H and O–H groups in total. The van der Waals surface area contributed by atoms with Gasteiger partial charge in [-0.3, -0.25) is 0 Å². The number of rotatable bonds is 6. The molecule has 1 saturated carbocycles. The van der Waals surface area contributed by atoms with E-state index in [2.05, 4.69) is 24.4 Å². The number of thiophene rings is 1. The van der Waals surface area contributed by atoms with Crippen molar-refractivity contribution in [2.45, 2.75) is 51.5 Å². The maximum absolute atomic E-state index is 5.81. The van der Waals surface area contributed by atoms with E-state index in [-0.39, 0.29) is 0 Å². The molecule has 3 heteroatoms. The van der Waals surface area contributed by atoms with E-state index in [1.807, 2.05) is 11.3 Å². The standard InChI is InChI=1S/C16H25NOS/c1-2-14-6-7-15(19-14)10-16(8-3-9-18-12-16)11-17-13-4-5-13/h6-7,13,17H,2-5,8-12H2,1H3. The first kappa shape index (κ1) is 13.6. The van der Waals surface area contributed by atoms with Crippen molar-refractivity contribution in [2.24, 2.45) is 5.41 Å². The van der Waals surface area contributed by atoms with Crippen molar-refractivity contribution in [3.63, 3.8) is 0 Å². The fraction of sp³-hybridized carbons (Fsp3) is 0.750. The zero-order chi connectivity index (χ0) is 13.1. The molecule has 0 amide bonds. The molecular weight excluding hydrogens is 254 g/mol. The van der Waals surface area contributed by atoms with Crippen LogP contribution in [0.3, 0.4) is 0 Å². The lowest BCUT2D eigenvalue weighted by atomic mass is 9.79. The molecule has 0 radical (unpaired) electrons. The van der Waals surface area contributed by atoms with Crippen LogP contribution in [0.1, 0.15) is 42.4 Å². The molecule has 1 aromatic rings. The molecule has 1 saturated heterocycles. The second-order valence-electron chi connectivity index (χ2n) is 6.21. The molecule has 1 aromatic heterocycles. The first-order valence-corrected chi connectivity index (χ1v) is 8.50. The van der Waals surface area contributed by atoms with Gasteiger partial charge in [0.1, 0.15) is 0 Å². The van der Waals surface area contributed by atoms with Gasteiger partial charge < -0.3 is 10.1 Å². The highest BCUT2D eigenvalue weighted by atomic mass is 32.1. The van der Waals surface area contributed by atoms with Crippen LogP contribution in [0, 0.1) is 5.41 Å². The van der Waals surface area contributed by atoms with Gasteiger partial charge in [0, 0.05) is 34.4 Å². The quantitative estimate of drug-likeness (QED) is 0.861. The predicted molar refractivity (Wildman–Crippen MR) is 80.9 cm³/mol. The smallest absolute Gasteiger partial charge is 0.0538 e. The van der Waals surface area contributed by atoms with Gasteiger partial charge in [-0.2, -0.15) is 0 Å². The highest BCUT2D eigenvalue weighted by molar-refractivity contribution is 7.11. The van der Waals surface area contributed by atoms with Gasteiger partial charge in [-0.05, 0) is 50.7 Å². The summed E-state index contributed by atoms with van der Waals surface area (Å²) in [5.41, 5.74) is 0.344. The van der Waals surface area contributed by atoms with E-state index >= 15 is 0 Å². The summed E-state index contributed by atoms with van der Waals surface area (Å²) in [5.74, 6) is 0. The van der Waals surface area contributed by atoms with E-state index in [0.717, 1.165) is 32.2 Å². The largest absolute Gasteiger partial charge is 0.381 e.